The molecule has 5 nitrogen and oxygen atoms in total. The van der Waals surface area contributed by atoms with E-state index in [1.807, 2.05) is 6.92 Å². The first kappa shape index (κ1) is 20.3. The topological polar surface area (TPSA) is 59.4 Å². The number of rotatable bonds is 7. The summed E-state index contributed by atoms with van der Waals surface area (Å²) in [6.07, 6.45) is 1.71. The van der Waals surface area contributed by atoms with Gasteiger partial charge in [0.15, 0.2) is 5.82 Å². The molecule has 0 fully saturated rings. The van der Waals surface area contributed by atoms with E-state index in [-0.39, 0.29) is 18.2 Å². The molecule has 0 saturated carbocycles. The van der Waals surface area contributed by atoms with E-state index in [2.05, 4.69) is 16.7 Å². The monoisotopic (exact) mass is 397 g/mol. The van der Waals surface area contributed by atoms with Crippen molar-refractivity contribution in [3.63, 3.8) is 0 Å². The van der Waals surface area contributed by atoms with Gasteiger partial charge in [-0.15, -0.1) is 0 Å². The highest BCUT2D eigenvalue weighted by atomic mass is 19.1. The Balaban J connectivity index is 2.10. The molecule has 0 radical (unpaired) electrons. The van der Waals surface area contributed by atoms with Gasteiger partial charge >= 0.3 is 5.69 Å². The number of H-pyrrole nitrogens is 1. The largest absolute Gasteiger partial charge is 0.493 e. The lowest BCUT2D eigenvalue weighted by Gasteiger charge is -2.12. The molecule has 7 heteroatoms. The maximum absolute atomic E-state index is 13.8. The number of aromatic amines is 1. The predicted molar refractivity (Wildman–Crippen MR) is 111 cm³/mol. The Morgan fingerprint density at radius 2 is 2.00 bits per heavy atom. The Morgan fingerprint density at radius 3 is 2.69 bits per heavy atom. The van der Waals surface area contributed by atoms with Gasteiger partial charge in [0.25, 0.3) is 0 Å². The summed E-state index contributed by atoms with van der Waals surface area (Å²) in [6.45, 7) is 7.70. The molecular weight excluding hydrogens is 376 g/mol. The summed E-state index contributed by atoms with van der Waals surface area (Å²) in [7, 11) is 0. The molecule has 0 amide bonds. The fraction of sp³-hybridized carbons (Fsp3) is 0.182. The molecule has 2 aromatic carbocycles. The number of ether oxygens (including phenoxy) is 1. The molecule has 0 aliphatic heterocycles. The van der Waals surface area contributed by atoms with Gasteiger partial charge in [0.2, 0.25) is 0 Å². The van der Waals surface area contributed by atoms with E-state index in [0.29, 0.717) is 34.8 Å². The molecule has 0 spiro atoms. The molecule has 1 heterocycles. The van der Waals surface area contributed by atoms with Crippen molar-refractivity contribution >= 4 is 24.2 Å². The summed E-state index contributed by atoms with van der Waals surface area (Å²) in [5.41, 5.74) is 1.91. The van der Waals surface area contributed by atoms with Gasteiger partial charge in [-0.05, 0) is 68.1 Å². The minimum atomic E-state index is -0.403. The zero-order valence-corrected chi connectivity index (χ0v) is 16.2. The number of benzene rings is 2. The number of hydrogen-bond acceptors (Lipinski definition) is 3. The zero-order chi connectivity index (χ0) is 21.0. The number of aliphatic imine (C=N–C) groups is 1. The van der Waals surface area contributed by atoms with Crippen LogP contribution in [0.25, 0.3) is 11.6 Å². The molecule has 1 aromatic heterocycles. The van der Waals surface area contributed by atoms with Gasteiger partial charge < -0.3 is 4.74 Å². The van der Waals surface area contributed by atoms with Gasteiger partial charge in [-0.2, -0.15) is 0 Å². The normalized spacial score (nSPS) is 11.5. The van der Waals surface area contributed by atoms with Crippen molar-refractivity contribution in [2.24, 2.45) is 4.99 Å². The van der Waals surface area contributed by atoms with E-state index in [4.69, 9.17) is 4.74 Å². The molecule has 29 heavy (non-hydrogen) atoms. The van der Waals surface area contributed by atoms with Crippen LogP contribution in [0.1, 0.15) is 30.7 Å². The lowest BCUT2D eigenvalue weighted by atomic mass is 10.0. The van der Waals surface area contributed by atoms with E-state index in [0.717, 1.165) is 0 Å². The van der Waals surface area contributed by atoms with Gasteiger partial charge in [-0.1, -0.05) is 12.1 Å². The van der Waals surface area contributed by atoms with Crippen LogP contribution in [-0.4, -0.2) is 22.9 Å². The van der Waals surface area contributed by atoms with Crippen molar-refractivity contribution in [1.29, 1.82) is 0 Å². The summed E-state index contributed by atoms with van der Waals surface area (Å²) >= 11 is 0. The molecule has 0 atom stereocenters. The molecule has 150 valence electrons. The van der Waals surface area contributed by atoms with Crippen LogP contribution in [0.15, 0.2) is 52.3 Å². The SMILES string of the molecule is C=Nc1[nH]c(=O)n(Cc2cccc(F)c2)c1/C=C(\C)c1cc(F)ccc1OCC. The Kier molecular flexibility index (Phi) is 6.07. The van der Waals surface area contributed by atoms with Gasteiger partial charge in [0.1, 0.15) is 17.4 Å². The molecule has 3 aromatic rings. The summed E-state index contributed by atoms with van der Waals surface area (Å²) in [5.74, 6) is 0.0254. The molecule has 0 bridgehead atoms. The van der Waals surface area contributed by atoms with Crippen LogP contribution in [-0.2, 0) is 6.54 Å². The first-order valence-corrected chi connectivity index (χ1v) is 9.08. The van der Waals surface area contributed by atoms with Gasteiger partial charge in [-0.25, -0.2) is 18.6 Å². The fourth-order valence-corrected chi connectivity index (χ4v) is 3.09. The maximum Gasteiger partial charge on any atom is 0.327 e. The second-order valence-electron chi connectivity index (χ2n) is 6.44. The molecule has 1 N–H and O–H groups in total. The quantitative estimate of drug-likeness (QED) is 0.583. The third-order valence-corrected chi connectivity index (χ3v) is 4.41. The highest BCUT2D eigenvalue weighted by Gasteiger charge is 2.14. The summed E-state index contributed by atoms with van der Waals surface area (Å²) in [6, 6.07) is 10.3. The molecule has 0 saturated heterocycles. The van der Waals surface area contributed by atoms with Crippen molar-refractivity contribution < 1.29 is 13.5 Å². The highest BCUT2D eigenvalue weighted by molar-refractivity contribution is 5.84. The second-order valence-corrected chi connectivity index (χ2v) is 6.44. The van der Waals surface area contributed by atoms with Crippen molar-refractivity contribution in [3.05, 3.63) is 81.4 Å². The molecular formula is C22H21F2N3O2. The first-order chi connectivity index (χ1) is 13.9. The van der Waals surface area contributed by atoms with E-state index in [9.17, 15) is 13.6 Å². The van der Waals surface area contributed by atoms with Crippen molar-refractivity contribution in [2.75, 3.05) is 6.61 Å². The number of allylic oxidation sites excluding steroid dienone is 1. The Morgan fingerprint density at radius 1 is 1.24 bits per heavy atom. The minimum Gasteiger partial charge on any atom is -0.493 e. The number of hydrogen-bond donors (Lipinski definition) is 1. The second kappa shape index (κ2) is 8.68. The van der Waals surface area contributed by atoms with Crippen LogP contribution in [0.2, 0.25) is 0 Å². The van der Waals surface area contributed by atoms with Crippen LogP contribution in [0.4, 0.5) is 14.6 Å². The van der Waals surface area contributed by atoms with Gasteiger partial charge in [0.05, 0.1) is 18.8 Å². The number of nitrogens with zero attached hydrogens (tertiary/aromatic N) is 2. The summed E-state index contributed by atoms with van der Waals surface area (Å²) in [4.78, 5) is 19.0. The molecule has 0 aliphatic carbocycles. The number of nitrogens with one attached hydrogen (secondary N) is 1. The summed E-state index contributed by atoms with van der Waals surface area (Å²) < 4.78 is 34.4. The first-order valence-electron chi connectivity index (χ1n) is 9.08. The van der Waals surface area contributed by atoms with Crippen molar-refractivity contribution in [1.82, 2.24) is 9.55 Å². The number of aromatic nitrogens is 2. The lowest BCUT2D eigenvalue weighted by Crippen LogP contribution is -2.18. The summed E-state index contributed by atoms with van der Waals surface area (Å²) in [5, 5.41) is 0. The number of halogens is 2. The predicted octanol–water partition coefficient (Wildman–Crippen LogP) is 4.79. The molecule has 3 rings (SSSR count). The van der Waals surface area contributed by atoms with Crippen LogP contribution >= 0.6 is 0 Å². The molecule has 0 unspecified atom stereocenters. The molecule has 0 aliphatic rings. The van der Waals surface area contributed by atoms with Crippen LogP contribution < -0.4 is 10.4 Å². The maximum atomic E-state index is 13.8. The number of imidazole rings is 1. The Hall–Kier alpha value is -3.48. The van der Waals surface area contributed by atoms with E-state index < -0.39 is 11.5 Å². The average Bonchev–Trinajstić information content (AvgIpc) is 2.98. The van der Waals surface area contributed by atoms with Crippen molar-refractivity contribution in [2.45, 2.75) is 20.4 Å². The van der Waals surface area contributed by atoms with Crippen LogP contribution in [0.3, 0.4) is 0 Å². The van der Waals surface area contributed by atoms with E-state index in [1.165, 1.54) is 28.8 Å². The highest BCUT2D eigenvalue weighted by Crippen LogP contribution is 2.30. The Labute approximate surface area is 167 Å². The van der Waals surface area contributed by atoms with Gasteiger partial charge in [0, 0.05) is 5.56 Å². The third-order valence-electron chi connectivity index (χ3n) is 4.41. The van der Waals surface area contributed by atoms with Crippen LogP contribution in [0, 0.1) is 11.6 Å². The zero-order valence-electron chi connectivity index (χ0n) is 16.2. The lowest BCUT2D eigenvalue weighted by molar-refractivity contribution is 0.338. The minimum absolute atomic E-state index is 0.142. The van der Waals surface area contributed by atoms with E-state index >= 15 is 0 Å². The van der Waals surface area contributed by atoms with Gasteiger partial charge in [-0.3, -0.25) is 9.55 Å². The smallest absolute Gasteiger partial charge is 0.327 e. The fourth-order valence-electron chi connectivity index (χ4n) is 3.09. The van der Waals surface area contributed by atoms with Crippen LogP contribution in [0.5, 0.6) is 5.75 Å². The average molecular weight is 397 g/mol. The third kappa shape index (κ3) is 4.51. The standard InChI is InChI=1S/C22H21F2N3O2/c1-4-29-20-9-8-17(24)12-18(20)14(2)10-19-21(25-3)26-22(28)27(19)13-15-6-5-7-16(23)11-15/h5-12H,3-4,13H2,1-2H3,(H,26,28)/b14-10+. The van der Waals surface area contributed by atoms with Crippen molar-refractivity contribution in [3.8, 4) is 5.75 Å². The van der Waals surface area contributed by atoms with E-state index in [1.54, 1.807) is 31.2 Å². The Bertz CT molecular complexity index is 1130.